The minimum atomic E-state index is -1.46. The molecule has 0 bridgehead atoms. The molecule has 1 rings (SSSR count). The molecule has 86 valence electrons. The molecule has 0 aliphatic rings. The zero-order valence-electron chi connectivity index (χ0n) is 8.18. The minimum absolute atomic E-state index is 0. The van der Waals surface area contributed by atoms with Crippen LogP contribution in [0.1, 0.15) is 20.7 Å². The molecule has 0 amide bonds. The number of benzene rings is 1. The second kappa shape index (κ2) is 7.75. The molecule has 9 heteroatoms. The number of hydrogen-bond donors (Lipinski definition) is 1. The monoisotopic (exact) mass is 692 g/mol. The van der Waals surface area contributed by atoms with E-state index in [0.29, 0.717) is 7.14 Å². The summed E-state index contributed by atoms with van der Waals surface area (Å²) >= 11 is 7.64. The Morgan fingerprint density at radius 2 is 1.24 bits per heavy atom. The second-order valence-corrected chi connectivity index (χ2v) is 6.91. The van der Waals surface area contributed by atoms with E-state index in [2.05, 4.69) is 0 Å². The molecular formula is C8HI4NaO4. The Morgan fingerprint density at radius 3 is 1.53 bits per heavy atom. The molecule has 0 aromatic heterocycles. The number of halogens is 4. The summed E-state index contributed by atoms with van der Waals surface area (Å²) in [7, 11) is 0. The quantitative estimate of drug-likeness (QED) is 0.190. The first-order valence-electron chi connectivity index (χ1n) is 3.59. The number of carboxylic acids is 2. The van der Waals surface area contributed by atoms with Crippen LogP contribution in [0.5, 0.6) is 0 Å². The van der Waals surface area contributed by atoms with Crippen LogP contribution in [0.4, 0.5) is 0 Å². The first kappa shape index (κ1) is 19.1. The Hall–Kier alpha value is 2.08. The van der Waals surface area contributed by atoms with Crippen LogP contribution in [0.3, 0.4) is 0 Å². The molecule has 0 saturated heterocycles. The van der Waals surface area contributed by atoms with Crippen molar-refractivity contribution in [2.24, 2.45) is 0 Å². The molecule has 0 atom stereocenters. The van der Waals surface area contributed by atoms with Crippen molar-refractivity contribution < 1.29 is 49.4 Å². The Morgan fingerprint density at radius 1 is 0.882 bits per heavy atom. The van der Waals surface area contributed by atoms with Crippen molar-refractivity contribution in [1.29, 1.82) is 0 Å². The first-order valence-corrected chi connectivity index (χ1v) is 7.91. The number of aromatic carboxylic acids is 2. The van der Waals surface area contributed by atoms with Gasteiger partial charge in [-0.05, 0) is 90.4 Å². The van der Waals surface area contributed by atoms with Crippen LogP contribution in [0.25, 0.3) is 0 Å². The van der Waals surface area contributed by atoms with E-state index in [1.54, 1.807) is 0 Å². The van der Waals surface area contributed by atoms with Crippen molar-refractivity contribution >= 4 is 102 Å². The third-order valence-corrected chi connectivity index (χ3v) is 9.10. The third-order valence-electron chi connectivity index (χ3n) is 1.69. The van der Waals surface area contributed by atoms with Crippen molar-refractivity contribution in [3.05, 3.63) is 25.4 Å². The van der Waals surface area contributed by atoms with Crippen molar-refractivity contribution in [2.75, 3.05) is 0 Å². The second-order valence-electron chi connectivity index (χ2n) is 2.60. The van der Waals surface area contributed by atoms with E-state index >= 15 is 0 Å². The van der Waals surface area contributed by atoms with E-state index in [1.165, 1.54) is 0 Å². The first-order chi connectivity index (χ1) is 7.29. The van der Waals surface area contributed by atoms with Gasteiger partial charge in [0.25, 0.3) is 0 Å². The summed E-state index contributed by atoms with van der Waals surface area (Å²) in [6, 6.07) is 0. The molecule has 0 saturated carbocycles. The van der Waals surface area contributed by atoms with Crippen LogP contribution in [0, 0.1) is 14.3 Å². The zero-order valence-corrected chi connectivity index (χ0v) is 18.8. The van der Waals surface area contributed by atoms with Gasteiger partial charge >= 0.3 is 35.5 Å². The minimum Gasteiger partial charge on any atom is -0.545 e. The van der Waals surface area contributed by atoms with Crippen molar-refractivity contribution in [3.8, 4) is 0 Å². The number of carbonyl (C=O) groups is 2. The third kappa shape index (κ3) is 4.03. The maximum absolute atomic E-state index is 11.1. The summed E-state index contributed by atoms with van der Waals surface area (Å²) in [5.41, 5.74) is -0.447. The molecule has 1 aromatic rings. The van der Waals surface area contributed by atoms with E-state index in [4.69, 9.17) is 5.11 Å². The summed E-state index contributed by atoms with van der Waals surface area (Å²) in [5.74, 6) is -2.72. The van der Waals surface area contributed by atoms with E-state index in [1.807, 2.05) is 90.4 Å². The topological polar surface area (TPSA) is 77.4 Å². The van der Waals surface area contributed by atoms with Gasteiger partial charge < -0.3 is 15.0 Å². The fourth-order valence-corrected chi connectivity index (χ4v) is 4.66. The fraction of sp³-hybridized carbons (Fsp3) is 0. The summed E-state index contributed by atoms with van der Waals surface area (Å²) < 4.78 is 2.30. The maximum atomic E-state index is 11.1. The van der Waals surface area contributed by atoms with Gasteiger partial charge in [0, 0.05) is 19.8 Å². The van der Waals surface area contributed by atoms with Gasteiger partial charge in [0.05, 0.1) is 11.5 Å². The number of carbonyl (C=O) groups excluding carboxylic acids is 1. The molecule has 0 unspecified atom stereocenters. The Balaban J connectivity index is 0.00000256. The Kier molecular flexibility index (Phi) is 8.70. The molecular weight excluding hydrogens is 691 g/mol. The Bertz CT molecular complexity index is 458. The average molecular weight is 692 g/mol. The normalized spacial score (nSPS) is 9.65. The molecule has 17 heavy (non-hydrogen) atoms. The van der Waals surface area contributed by atoms with Crippen LogP contribution in [-0.4, -0.2) is 17.0 Å². The van der Waals surface area contributed by atoms with Gasteiger partial charge in [0.1, 0.15) is 0 Å². The van der Waals surface area contributed by atoms with Gasteiger partial charge in [-0.3, -0.25) is 0 Å². The summed E-state index contributed by atoms with van der Waals surface area (Å²) in [6.45, 7) is 0. The van der Waals surface area contributed by atoms with Crippen molar-refractivity contribution in [3.63, 3.8) is 0 Å². The SMILES string of the molecule is O=C([O-])c1c(I)c(I)c(I)c(I)c1C(=O)O.[Na+]. The van der Waals surface area contributed by atoms with Crippen LogP contribution in [-0.2, 0) is 0 Å². The average Bonchev–Trinajstić information content (AvgIpc) is 2.18. The summed E-state index contributed by atoms with van der Waals surface area (Å²) in [5, 5.41) is 20.0. The maximum Gasteiger partial charge on any atom is 1.00 e. The van der Waals surface area contributed by atoms with Gasteiger partial charge in [-0.15, -0.1) is 0 Å². The van der Waals surface area contributed by atoms with Crippen LogP contribution < -0.4 is 34.7 Å². The molecule has 0 aliphatic heterocycles. The molecule has 4 nitrogen and oxygen atoms in total. The van der Waals surface area contributed by atoms with Crippen LogP contribution >= 0.6 is 90.4 Å². The Labute approximate surface area is 174 Å². The number of rotatable bonds is 2. The number of carboxylic acid groups (broad SMARTS) is 2. The fourth-order valence-electron chi connectivity index (χ4n) is 1.02. The molecule has 0 spiro atoms. The summed E-state index contributed by atoms with van der Waals surface area (Å²) in [4.78, 5) is 22.0. The smallest absolute Gasteiger partial charge is 0.545 e. The largest absolute Gasteiger partial charge is 1.00 e. The molecule has 1 aromatic carbocycles. The van der Waals surface area contributed by atoms with Crippen molar-refractivity contribution in [1.82, 2.24) is 0 Å². The van der Waals surface area contributed by atoms with Gasteiger partial charge in [-0.25, -0.2) is 4.79 Å². The predicted octanol–water partition coefficient (Wildman–Crippen LogP) is -0.829. The van der Waals surface area contributed by atoms with Crippen LogP contribution in [0.2, 0.25) is 0 Å². The number of hydrogen-bond acceptors (Lipinski definition) is 3. The van der Waals surface area contributed by atoms with E-state index in [9.17, 15) is 14.7 Å². The van der Waals surface area contributed by atoms with E-state index in [-0.39, 0.29) is 40.7 Å². The van der Waals surface area contributed by atoms with Gasteiger partial charge in [-0.2, -0.15) is 0 Å². The predicted molar refractivity (Wildman–Crippen MR) is 88.6 cm³/mol. The van der Waals surface area contributed by atoms with E-state index < -0.39 is 11.9 Å². The van der Waals surface area contributed by atoms with Crippen molar-refractivity contribution in [2.45, 2.75) is 0 Å². The molecule has 1 N–H and O–H groups in total. The zero-order chi connectivity index (χ0) is 12.6. The standard InChI is InChI=1S/C8H2I4O4.Na/c9-3-1(7(13)14)2(8(15)16)4(10)6(12)5(3)11;/h(H,13,14)(H,15,16);/q;+1/p-1. The molecule has 0 fully saturated rings. The van der Waals surface area contributed by atoms with Gasteiger partial charge in [0.15, 0.2) is 0 Å². The summed E-state index contributed by atoms with van der Waals surface area (Å²) in [6.07, 6.45) is 0. The van der Waals surface area contributed by atoms with Gasteiger partial charge in [-0.1, -0.05) is 0 Å². The van der Waals surface area contributed by atoms with E-state index in [0.717, 1.165) is 7.14 Å². The molecule has 0 heterocycles. The molecule has 0 aliphatic carbocycles. The van der Waals surface area contributed by atoms with Crippen LogP contribution in [0.15, 0.2) is 0 Å². The van der Waals surface area contributed by atoms with Gasteiger partial charge in [0.2, 0.25) is 0 Å². The molecule has 0 radical (unpaired) electrons.